The summed E-state index contributed by atoms with van der Waals surface area (Å²) in [5, 5.41) is 0.602. The van der Waals surface area contributed by atoms with Gasteiger partial charge < -0.3 is 0 Å². The first kappa shape index (κ1) is 18.2. The molecule has 0 aliphatic rings. The molecule has 0 spiro atoms. The number of fused-ring (bicyclic) bond motifs is 1. The summed E-state index contributed by atoms with van der Waals surface area (Å²) < 4.78 is 1.23. The standard InChI is InChI=1S/C23H20N2O2S/c1-3-25-22(26)20-15(2)19(28-21(20)24-23(25)27)14-11-16-9-12-18(13-10-16)17-7-5-4-6-8-17/h4-14H,3H2,1-2H3,(H,24,27)/b14-11+. The van der Waals surface area contributed by atoms with E-state index in [-0.39, 0.29) is 11.2 Å². The van der Waals surface area contributed by atoms with Crippen molar-refractivity contribution in [2.24, 2.45) is 0 Å². The molecule has 4 aromatic rings. The molecule has 0 radical (unpaired) electrons. The van der Waals surface area contributed by atoms with Crippen LogP contribution in [0.1, 0.15) is 22.9 Å². The van der Waals surface area contributed by atoms with Gasteiger partial charge in [0.2, 0.25) is 0 Å². The third kappa shape index (κ3) is 3.25. The zero-order valence-corrected chi connectivity index (χ0v) is 16.5. The van der Waals surface area contributed by atoms with Gasteiger partial charge in [0.15, 0.2) is 0 Å². The lowest BCUT2D eigenvalue weighted by Crippen LogP contribution is -2.34. The van der Waals surface area contributed by atoms with Crippen LogP contribution in [0.25, 0.3) is 33.5 Å². The van der Waals surface area contributed by atoms with E-state index in [1.807, 2.05) is 37.3 Å². The third-order valence-electron chi connectivity index (χ3n) is 4.87. The van der Waals surface area contributed by atoms with Crippen molar-refractivity contribution in [2.75, 3.05) is 0 Å². The smallest absolute Gasteiger partial charge is 0.298 e. The zero-order chi connectivity index (χ0) is 19.7. The highest BCUT2D eigenvalue weighted by atomic mass is 32.1. The van der Waals surface area contributed by atoms with E-state index in [0.717, 1.165) is 16.0 Å². The predicted molar refractivity (Wildman–Crippen MR) is 118 cm³/mol. The minimum Gasteiger partial charge on any atom is -0.298 e. The van der Waals surface area contributed by atoms with Crippen molar-refractivity contribution in [1.29, 1.82) is 0 Å². The van der Waals surface area contributed by atoms with Crippen LogP contribution in [0.15, 0.2) is 64.2 Å². The van der Waals surface area contributed by atoms with Crippen molar-refractivity contribution in [3.05, 3.63) is 91.4 Å². The molecule has 2 aromatic heterocycles. The Hall–Kier alpha value is -3.18. The molecule has 2 aromatic carbocycles. The molecule has 0 saturated heterocycles. The molecular weight excluding hydrogens is 368 g/mol. The number of rotatable bonds is 4. The number of aromatic amines is 1. The van der Waals surface area contributed by atoms with Crippen LogP contribution in [0, 0.1) is 6.92 Å². The van der Waals surface area contributed by atoms with E-state index in [1.54, 1.807) is 6.92 Å². The van der Waals surface area contributed by atoms with Crippen LogP contribution in [-0.4, -0.2) is 9.55 Å². The minimum atomic E-state index is -0.353. The van der Waals surface area contributed by atoms with Gasteiger partial charge in [0.25, 0.3) is 5.56 Å². The number of nitrogens with zero attached hydrogens (tertiary/aromatic N) is 1. The topological polar surface area (TPSA) is 54.9 Å². The molecule has 0 atom stereocenters. The largest absolute Gasteiger partial charge is 0.329 e. The van der Waals surface area contributed by atoms with Crippen molar-refractivity contribution >= 4 is 33.7 Å². The second-order valence-electron chi connectivity index (χ2n) is 6.60. The maximum Gasteiger partial charge on any atom is 0.329 e. The fraction of sp³-hybridized carbons (Fsp3) is 0.130. The highest BCUT2D eigenvalue weighted by molar-refractivity contribution is 7.19. The van der Waals surface area contributed by atoms with Gasteiger partial charge in [0, 0.05) is 11.4 Å². The maximum absolute atomic E-state index is 12.6. The molecular formula is C23H20N2O2S. The Labute approximate surface area is 166 Å². The number of nitrogens with one attached hydrogen (secondary N) is 1. The Kier molecular flexibility index (Phi) is 4.84. The Bertz CT molecular complexity index is 1280. The van der Waals surface area contributed by atoms with Gasteiger partial charge in [-0.15, -0.1) is 11.3 Å². The Morgan fingerprint density at radius 1 is 0.964 bits per heavy atom. The molecule has 0 aliphatic heterocycles. The van der Waals surface area contributed by atoms with E-state index < -0.39 is 0 Å². The van der Waals surface area contributed by atoms with Crippen molar-refractivity contribution < 1.29 is 0 Å². The summed E-state index contributed by atoms with van der Waals surface area (Å²) in [4.78, 5) is 29.1. The monoisotopic (exact) mass is 388 g/mol. The summed E-state index contributed by atoms with van der Waals surface area (Å²) in [5.41, 5.74) is 3.77. The SMILES string of the molecule is CCn1c(=O)[nH]c2sc(/C=C/c3ccc(-c4ccccc4)cc3)c(C)c2c1=O. The lowest BCUT2D eigenvalue weighted by molar-refractivity contribution is 0.685. The van der Waals surface area contributed by atoms with E-state index >= 15 is 0 Å². The predicted octanol–water partition coefficient (Wildman–Crippen LogP) is 4.92. The van der Waals surface area contributed by atoms with Crippen LogP contribution in [-0.2, 0) is 6.54 Å². The average molecular weight is 388 g/mol. The lowest BCUT2D eigenvalue weighted by atomic mass is 10.0. The minimum absolute atomic E-state index is 0.220. The van der Waals surface area contributed by atoms with Gasteiger partial charge in [-0.25, -0.2) is 4.79 Å². The molecule has 5 heteroatoms. The number of thiophene rings is 1. The van der Waals surface area contributed by atoms with Crippen LogP contribution >= 0.6 is 11.3 Å². The Morgan fingerprint density at radius 3 is 2.32 bits per heavy atom. The van der Waals surface area contributed by atoms with E-state index in [4.69, 9.17) is 0 Å². The molecule has 0 bridgehead atoms. The van der Waals surface area contributed by atoms with E-state index in [2.05, 4.69) is 41.4 Å². The van der Waals surface area contributed by atoms with Crippen molar-refractivity contribution in [2.45, 2.75) is 20.4 Å². The van der Waals surface area contributed by atoms with E-state index in [1.165, 1.54) is 27.0 Å². The fourth-order valence-electron chi connectivity index (χ4n) is 3.30. The molecule has 4 nitrogen and oxygen atoms in total. The summed E-state index contributed by atoms with van der Waals surface area (Å²) in [7, 11) is 0. The van der Waals surface area contributed by atoms with Gasteiger partial charge >= 0.3 is 5.69 Å². The lowest BCUT2D eigenvalue weighted by Gasteiger charge is -2.01. The van der Waals surface area contributed by atoms with Crippen molar-refractivity contribution in [1.82, 2.24) is 9.55 Å². The number of aryl methyl sites for hydroxylation is 1. The van der Waals surface area contributed by atoms with Crippen LogP contribution in [0.4, 0.5) is 0 Å². The molecule has 0 aliphatic carbocycles. The van der Waals surface area contributed by atoms with Gasteiger partial charge in [-0.05, 0) is 42.2 Å². The number of hydrogen-bond donors (Lipinski definition) is 1. The number of aromatic nitrogens is 2. The molecule has 0 amide bonds. The molecule has 1 N–H and O–H groups in total. The van der Waals surface area contributed by atoms with Crippen LogP contribution in [0.5, 0.6) is 0 Å². The summed E-state index contributed by atoms with van der Waals surface area (Å²) in [6, 6.07) is 18.6. The average Bonchev–Trinajstić information content (AvgIpc) is 3.03. The van der Waals surface area contributed by atoms with Crippen molar-refractivity contribution in [3.8, 4) is 11.1 Å². The molecule has 0 saturated carbocycles. The molecule has 0 fully saturated rings. The maximum atomic E-state index is 12.6. The van der Waals surface area contributed by atoms with Gasteiger partial charge in [0.1, 0.15) is 4.83 Å². The highest BCUT2D eigenvalue weighted by Gasteiger charge is 2.14. The van der Waals surface area contributed by atoms with Gasteiger partial charge in [-0.3, -0.25) is 14.3 Å². The highest BCUT2D eigenvalue weighted by Crippen LogP contribution is 2.28. The van der Waals surface area contributed by atoms with Crippen LogP contribution < -0.4 is 11.2 Å². The summed E-state index contributed by atoms with van der Waals surface area (Å²) in [5.74, 6) is 0. The molecule has 2 heterocycles. The van der Waals surface area contributed by atoms with Gasteiger partial charge in [-0.1, -0.05) is 60.7 Å². The first-order valence-electron chi connectivity index (χ1n) is 9.18. The second kappa shape index (κ2) is 7.44. The van der Waals surface area contributed by atoms with Crippen LogP contribution in [0.3, 0.4) is 0 Å². The summed E-state index contributed by atoms with van der Waals surface area (Å²) >= 11 is 1.43. The quantitative estimate of drug-likeness (QED) is 0.540. The first-order valence-corrected chi connectivity index (χ1v) is 10.00. The third-order valence-corrected chi connectivity index (χ3v) is 6.04. The van der Waals surface area contributed by atoms with Crippen LogP contribution in [0.2, 0.25) is 0 Å². The van der Waals surface area contributed by atoms with Crippen molar-refractivity contribution in [3.63, 3.8) is 0 Å². The Morgan fingerprint density at radius 2 is 1.64 bits per heavy atom. The molecule has 28 heavy (non-hydrogen) atoms. The normalized spacial score (nSPS) is 11.5. The fourth-order valence-corrected chi connectivity index (χ4v) is 4.40. The summed E-state index contributed by atoms with van der Waals surface area (Å²) in [6.45, 7) is 4.08. The molecule has 4 rings (SSSR count). The Balaban J connectivity index is 1.67. The van der Waals surface area contributed by atoms with Gasteiger partial charge in [0.05, 0.1) is 5.39 Å². The number of H-pyrrole nitrogens is 1. The summed E-state index contributed by atoms with van der Waals surface area (Å²) in [6.07, 6.45) is 4.04. The first-order chi connectivity index (χ1) is 13.6. The number of hydrogen-bond acceptors (Lipinski definition) is 3. The second-order valence-corrected chi connectivity index (χ2v) is 7.65. The number of benzene rings is 2. The zero-order valence-electron chi connectivity index (χ0n) is 15.7. The van der Waals surface area contributed by atoms with Gasteiger partial charge in [-0.2, -0.15) is 0 Å². The molecule has 140 valence electrons. The van der Waals surface area contributed by atoms with E-state index in [9.17, 15) is 9.59 Å². The van der Waals surface area contributed by atoms with E-state index in [0.29, 0.717) is 16.8 Å². The molecule has 0 unspecified atom stereocenters.